The molecule has 2 amide bonds. The maximum absolute atomic E-state index is 12.5. The standard InChI is InChI=1S/C22H18N2O5/c1-14(25)29-20-10-3-6-16(12-20)22(28)24-18-8-4-7-17(13-18)23-21(27)15-5-2-9-19(26)11-15/h2-13,26H,1H3,(H,23,27)(H,24,28). The molecule has 0 aromatic heterocycles. The third kappa shape index (κ3) is 5.43. The zero-order chi connectivity index (χ0) is 20.8. The Labute approximate surface area is 166 Å². The maximum atomic E-state index is 12.5. The fourth-order valence-corrected chi connectivity index (χ4v) is 2.60. The van der Waals surface area contributed by atoms with Gasteiger partial charge in [0.1, 0.15) is 11.5 Å². The van der Waals surface area contributed by atoms with Gasteiger partial charge in [0.15, 0.2) is 0 Å². The van der Waals surface area contributed by atoms with E-state index in [-0.39, 0.29) is 11.5 Å². The second kappa shape index (κ2) is 8.71. The van der Waals surface area contributed by atoms with Gasteiger partial charge in [-0.05, 0) is 54.6 Å². The van der Waals surface area contributed by atoms with Crippen LogP contribution in [0.3, 0.4) is 0 Å². The lowest BCUT2D eigenvalue weighted by atomic mass is 10.2. The minimum atomic E-state index is -0.474. The van der Waals surface area contributed by atoms with Gasteiger partial charge in [0.05, 0.1) is 0 Å². The molecule has 0 atom stereocenters. The molecule has 0 radical (unpaired) electrons. The third-order valence-corrected chi connectivity index (χ3v) is 3.84. The molecule has 0 unspecified atom stereocenters. The van der Waals surface area contributed by atoms with Crippen molar-refractivity contribution in [3.8, 4) is 11.5 Å². The van der Waals surface area contributed by atoms with Gasteiger partial charge in [-0.1, -0.05) is 18.2 Å². The van der Waals surface area contributed by atoms with Gasteiger partial charge in [0, 0.05) is 29.4 Å². The maximum Gasteiger partial charge on any atom is 0.308 e. The Kier molecular flexibility index (Phi) is 5.89. The molecular weight excluding hydrogens is 372 g/mol. The molecule has 0 spiro atoms. The molecule has 0 aliphatic rings. The van der Waals surface area contributed by atoms with E-state index in [0.717, 1.165) is 0 Å². The van der Waals surface area contributed by atoms with Crippen molar-refractivity contribution >= 4 is 29.2 Å². The molecule has 3 aromatic rings. The third-order valence-electron chi connectivity index (χ3n) is 3.84. The molecular formula is C22H18N2O5. The van der Waals surface area contributed by atoms with Gasteiger partial charge in [-0.15, -0.1) is 0 Å². The summed E-state index contributed by atoms with van der Waals surface area (Å²) in [6.45, 7) is 1.28. The average molecular weight is 390 g/mol. The van der Waals surface area contributed by atoms with E-state index >= 15 is 0 Å². The van der Waals surface area contributed by atoms with E-state index in [1.807, 2.05) is 0 Å². The van der Waals surface area contributed by atoms with Crippen LogP contribution in [0.5, 0.6) is 11.5 Å². The Morgan fingerprint density at radius 1 is 0.759 bits per heavy atom. The number of aromatic hydroxyl groups is 1. The number of phenols is 1. The van der Waals surface area contributed by atoms with E-state index in [2.05, 4.69) is 10.6 Å². The van der Waals surface area contributed by atoms with E-state index in [0.29, 0.717) is 22.5 Å². The smallest absolute Gasteiger partial charge is 0.308 e. The summed E-state index contributed by atoms with van der Waals surface area (Å²) < 4.78 is 4.98. The van der Waals surface area contributed by atoms with Gasteiger partial charge < -0.3 is 20.5 Å². The number of hydrogen-bond donors (Lipinski definition) is 3. The Hall–Kier alpha value is -4.13. The molecule has 0 saturated heterocycles. The number of anilines is 2. The number of carbonyl (C=O) groups excluding carboxylic acids is 3. The lowest BCUT2D eigenvalue weighted by Gasteiger charge is -2.10. The summed E-state index contributed by atoms with van der Waals surface area (Å²) in [7, 11) is 0. The molecule has 146 valence electrons. The van der Waals surface area contributed by atoms with Crippen LogP contribution in [0.25, 0.3) is 0 Å². The van der Waals surface area contributed by atoms with Crippen molar-refractivity contribution in [3.63, 3.8) is 0 Å². The summed E-state index contributed by atoms with van der Waals surface area (Å²) in [6.07, 6.45) is 0. The molecule has 3 rings (SSSR count). The van der Waals surface area contributed by atoms with Gasteiger partial charge in [-0.3, -0.25) is 14.4 Å². The van der Waals surface area contributed by atoms with Crippen molar-refractivity contribution in [2.45, 2.75) is 6.92 Å². The van der Waals surface area contributed by atoms with Crippen LogP contribution < -0.4 is 15.4 Å². The summed E-state index contributed by atoms with van der Waals surface area (Å²) >= 11 is 0. The largest absolute Gasteiger partial charge is 0.508 e. The first-order valence-electron chi connectivity index (χ1n) is 8.71. The predicted molar refractivity (Wildman–Crippen MR) is 108 cm³/mol. The summed E-state index contributed by atoms with van der Waals surface area (Å²) in [6, 6.07) is 18.9. The number of ether oxygens (including phenoxy) is 1. The van der Waals surface area contributed by atoms with Crippen LogP contribution in [-0.4, -0.2) is 22.9 Å². The molecule has 3 N–H and O–H groups in total. The molecule has 7 nitrogen and oxygen atoms in total. The first-order valence-corrected chi connectivity index (χ1v) is 8.71. The SMILES string of the molecule is CC(=O)Oc1cccc(C(=O)Nc2cccc(NC(=O)c3cccc(O)c3)c2)c1. The topological polar surface area (TPSA) is 105 Å². The van der Waals surface area contributed by atoms with Crippen molar-refractivity contribution in [2.24, 2.45) is 0 Å². The first kappa shape index (κ1) is 19.6. The molecule has 7 heteroatoms. The van der Waals surface area contributed by atoms with Gasteiger partial charge in [-0.25, -0.2) is 0 Å². The summed E-state index contributed by atoms with van der Waals surface area (Å²) in [5, 5.41) is 14.9. The van der Waals surface area contributed by atoms with Gasteiger partial charge in [0.2, 0.25) is 0 Å². The van der Waals surface area contributed by atoms with Crippen molar-refractivity contribution in [1.82, 2.24) is 0 Å². The van der Waals surface area contributed by atoms with Gasteiger partial charge >= 0.3 is 5.97 Å². The van der Waals surface area contributed by atoms with E-state index < -0.39 is 17.8 Å². The minimum absolute atomic E-state index is 0.00496. The number of amides is 2. The second-order valence-electron chi connectivity index (χ2n) is 6.16. The number of nitrogens with one attached hydrogen (secondary N) is 2. The van der Waals surface area contributed by atoms with Crippen LogP contribution in [0.1, 0.15) is 27.6 Å². The van der Waals surface area contributed by atoms with Crippen molar-refractivity contribution in [3.05, 3.63) is 83.9 Å². The fraction of sp³-hybridized carbons (Fsp3) is 0.0455. The molecule has 0 aliphatic heterocycles. The highest BCUT2D eigenvalue weighted by molar-refractivity contribution is 6.06. The number of phenolic OH excluding ortho intramolecular Hbond substituents is 1. The van der Waals surface area contributed by atoms with E-state index in [4.69, 9.17) is 4.74 Å². The normalized spacial score (nSPS) is 10.1. The second-order valence-corrected chi connectivity index (χ2v) is 6.16. The zero-order valence-electron chi connectivity index (χ0n) is 15.5. The van der Waals surface area contributed by atoms with Gasteiger partial charge in [-0.2, -0.15) is 0 Å². The summed E-state index contributed by atoms with van der Waals surface area (Å²) in [4.78, 5) is 35.8. The predicted octanol–water partition coefficient (Wildman–Crippen LogP) is 3.82. The van der Waals surface area contributed by atoms with Crippen LogP contribution in [0, 0.1) is 0 Å². The molecule has 0 aliphatic carbocycles. The highest BCUT2D eigenvalue weighted by atomic mass is 16.5. The quantitative estimate of drug-likeness (QED) is 0.454. The molecule has 0 saturated carbocycles. The Morgan fingerprint density at radius 3 is 1.90 bits per heavy atom. The van der Waals surface area contributed by atoms with Crippen molar-refractivity contribution in [1.29, 1.82) is 0 Å². The lowest BCUT2D eigenvalue weighted by Crippen LogP contribution is -2.14. The van der Waals surface area contributed by atoms with Crippen LogP contribution in [0.15, 0.2) is 72.8 Å². The van der Waals surface area contributed by atoms with Crippen LogP contribution in [0.2, 0.25) is 0 Å². The van der Waals surface area contributed by atoms with E-state index in [1.165, 1.54) is 25.1 Å². The zero-order valence-corrected chi connectivity index (χ0v) is 15.5. The number of rotatable bonds is 5. The number of benzene rings is 3. The molecule has 0 bridgehead atoms. The Bertz CT molecular complexity index is 1080. The lowest BCUT2D eigenvalue weighted by molar-refractivity contribution is -0.131. The van der Waals surface area contributed by atoms with Crippen LogP contribution in [0.4, 0.5) is 11.4 Å². The van der Waals surface area contributed by atoms with Crippen LogP contribution in [-0.2, 0) is 4.79 Å². The number of hydrogen-bond acceptors (Lipinski definition) is 5. The van der Waals surface area contributed by atoms with Gasteiger partial charge in [0.25, 0.3) is 11.8 Å². The van der Waals surface area contributed by atoms with E-state index in [1.54, 1.807) is 54.6 Å². The Balaban J connectivity index is 1.70. The number of carbonyl (C=O) groups is 3. The van der Waals surface area contributed by atoms with Crippen LogP contribution >= 0.6 is 0 Å². The molecule has 0 fully saturated rings. The highest BCUT2D eigenvalue weighted by Gasteiger charge is 2.10. The summed E-state index contributed by atoms with van der Waals surface area (Å²) in [5.41, 5.74) is 1.58. The Morgan fingerprint density at radius 2 is 1.31 bits per heavy atom. The van der Waals surface area contributed by atoms with E-state index in [9.17, 15) is 19.5 Å². The summed E-state index contributed by atoms with van der Waals surface area (Å²) in [5.74, 6) is -0.987. The minimum Gasteiger partial charge on any atom is -0.508 e. The molecule has 0 heterocycles. The fourth-order valence-electron chi connectivity index (χ4n) is 2.60. The molecule has 29 heavy (non-hydrogen) atoms. The molecule has 3 aromatic carbocycles. The average Bonchev–Trinajstić information content (AvgIpc) is 2.68. The monoisotopic (exact) mass is 390 g/mol. The van der Waals surface area contributed by atoms with Crippen molar-refractivity contribution in [2.75, 3.05) is 10.6 Å². The number of esters is 1. The first-order chi connectivity index (χ1) is 13.9. The van der Waals surface area contributed by atoms with Crippen molar-refractivity contribution < 1.29 is 24.2 Å². The highest BCUT2D eigenvalue weighted by Crippen LogP contribution is 2.19.